The highest BCUT2D eigenvalue weighted by molar-refractivity contribution is 5.96. The molecule has 0 aliphatic carbocycles. The van der Waals surface area contributed by atoms with E-state index in [1.807, 2.05) is 4.90 Å². The number of ether oxygens (including phenoxy) is 1. The predicted molar refractivity (Wildman–Crippen MR) is 83.5 cm³/mol. The third-order valence-corrected chi connectivity index (χ3v) is 3.72. The van der Waals surface area contributed by atoms with Crippen molar-refractivity contribution >= 4 is 23.3 Å². The third kappa shape index (κ3) is 4.18. The minimum atomic E-state index is -0.473. The van der Waals surface area contributed by atoms with Gasteiger partial charge < -0.3 is 15.0 Å². The predicted octanol–water partition coefficient (Wildman–Crippen LogP) is 1.49. The molecule has 0 atom stereocenters. The first-order valence-corrected chi connectivity index (χ1v) is 7.41. The molecule has 8 heteroatoms. The summed E-state index contributed by atoms with van der Waals surface area (Å²) in [5, 5.41) is 13.8. The monoisotopic (exact) mass is 321 g/mol. The van der Waals surface area contributed by atoms with Crippen LogP contribution in [0.15, 0.2) is 18.2 Å². The fraction of sp³-hybridized carbons (Fsp3) is 0.467. The Labute approximate surface area is 133 Å². The zero-order valence-corrected chi connectivity index (χ0v) is 12.9. The number of carbonyl (C=O) groups is 2. The lowest BCUT2D eigenvalue weighted by Crippen LogP contribution is -2.26. The van der Waals surface area contributed by atoms with Crippen molar-refractivity contribution in [1.29, 1.82) is 0 Å². The Morgan fingerprint density at radius 3 is 2.65 bits per heavy atom. The Morgan fingerprint density at radius 1 is 1.35 bits per heavy atom. The Balaban J connectivity index is 2.10. The average Bonchev–Trinajstić information content (AvgIpc) is 3.08. The van der Waals surface area contributed by atoms with E-state index in [4.69, 9.17) is 0 Å². The highest BCUT2D eigenvalue weighted by Crippen LogP contribution is 2.31. The maximum Gasteiger partial charge on any atom is 0.307 e. The SMILES string of the molecule is COC(=O)CCNC(=O)c1ccc(N2CCCC2)c([N+](=O)[O-])c1. The number of amides is 1. The van der Waals surface area contributed by atoms with E-state index in [2.05, 4.69) is 10.1 Å². The quantitative estimate of drug-likeness (QED) is 0.484. The number of benzene rings is 1. The molecule has 1 heterocycles. The summed E-state index contributed by atoms with van der Waals surface area (Å²) in [5.41, 5.74) is 0.663. The Kier molecular flexibility index (Phi) is 5.51. The summed E-state index contributed by atoms with van der Waals surface area (Å²) in [5.74, 6) is -0.884. The molecule has 1 aromatic rings. The molecule has 0 aromatic heterocycles. The van der Waals surface area contributed by atoms with E-state index in [0.29, 0.717) is 5.69 Å². The number of rotatable bonds is 6. The summed E-state index contributed by atoms with van der Waals surface area (Å²) < 4.78 is 4.48. The number of nitro benzene ring substituents is 1. The molecule has 1 N–H and O–H groups in total. The molecule has 0 radical (unpaired) electrons. The molecule has 2 rings (SSSR count). The number of esters is 1. The number of anilines is 1. The normalized spacial score (nSPS) is 13.7. The Bertz CT molecular complexity index is 611. The molecule has 8 nitrogen and oxygen atoms in total. The summed E-state index contributed by atoms with van der Waals surface area (Å²) in [4.78, 5) is 35.8. The summed E-state index contributed by atoms with van der Waals surface area (Å²) in [6.45, 7) is 1.68. The van der Waals surface area contributed by atoms with Crippen LogP contribution in [0.25, 0.3) is 0 Å². The van der Waals surface area contributed by atoms with Gasteiger partial charge in [0, 0.05) is 31.3 Å². The molecule has 1 aromatic carbocycles. The van der Waals surface area contributed by atoms with Gasteiger partial charge in [-0.05, 0) is 25.0 Å². The fourth-order valence-electron chi connectivity index (χ4n) is 2.52. The lowest BCUT2D eigenvalue weighted by atomic mass is 10.1. The van der Waals surface area contributed by atoms with E-state index in [9.17, 15) is 19.7 Å². The summed E-state index contributed by atoms with van der Waals surface area (Å²) in [7, 11) is 1.27. The van der Waals surface area contributed by atoms with Crippen LogP contribution in [0.4, 0.5) is 11.4 Å². The van der Waals surface area contributed by atoms with Gasteiger partial charge in [0.1, 0.15) is 5.69 Å². The smallest absolute Gasteiger partial charge is 0.307 e. The van der Waals surface area contributed by atoms with E-state index in [1.165, 1.54) is 13.2 Å². The Morgan fingerprint density at radius 2 is 2.04 bits per heavy atom. The number of hydrogen-bond acceptors (Lipinski definition) is 6. The van der Waals surface area contributed by atoms with Crippen LogP contribution in [0.3, 0.4) is 0 Å². The number of carbonyl (C=O) groups excluding carboxylic acids is 2. The van der Waals surface area contributed by atoms with Gasteiger partial charge in [-0.25, -0.2) is 0 Å². The second-order valence-corrected chi connectivity index (χ2v) is 5.24. The minimum Gasteiger partial charge on any atom is -0.469 e. The van der Waals surface area contributed by atoms with E-state index in [1.54, 1.807) is 12.1 Å². The summed E-state index contributed by atoms with van der Waals surface area (Å²) in [6, 6.07) is 4.45. The van der Waals surface area contributed by atoms with Crippen LogP contribution in [-0.4, -0.2) is 43.5 Å². The van der Waals surface area contributed by atoms with Crippen LogP contribution in [0.1, 0.15) is 29.6 Å². The van der Waals surface area contributed by atoms with Crippen molar-refractivity contribution in [3.8, 4) is 0 Å². The highest BCUT2D eigenvalue weighted by atomic mass is 16.6. The first-order chi connectivity index (χ1) is 11.0. The summed E-state index contributed by atoms with van der Waals surface area (Å²) in [6.07, 6.45) is 2.07. The summed E-state index contributed by atoms with van der Waals surface area (Å²) >= 11 is 0. The molecule has 124 valence electrons. The zero-order chi connectivity index (χ0) is 16.8. The van der Waals surface area contributed by atoms with Gasteiger partial charge in [-0.15, -0.1) is 0 Å². The molecule has 1 saturated heterocycles. The van der Waals surface area contributed by atoms with Crippen LogP contribution in [0, 0.1) is 10.1 Å². The van der Waals surface area contributed by atoms with E-state index in [-0.39, 0.29) is 24.2 Å². The number of nitro groups is 1. The lowest BCUT2D eigenvalue weighted by Gasteiger charge is -2.17. The van der Waals surface area contributed by atoms with Gasteiger partial charge in [-0.3, -0.25) is 19.7 Å². The maximum absolute atomic E-state index is 12.0. The zero-order valence-electron chi connectivity index (χ0n) is 12.9. The van der Waals surface area contributed by atoms with E-state index >= 15 is 0 Å². The number of methoxy groups -OCH3 is 1. The number of nitrogens with zero attached hydrogens (tertiary/aromatic N) is 2. The van der Waals surface area contributed by atoms with Gasteiger partial charge in [0.2, 0.25) is 0 Å². The van der Waals surface area contributed by atoms with E-state index in [0.717, 1.165) is 25.9 Å². The maximum atomic E-state index is 12.0. The van der Waals surface area contributed by atoms with Gasteiger partial charge in [0.25, 0.3) is 11.6 Å². The molecule has 0 unspecified atom stereocenters. The molecular formula is C15H19N3O5. The minimum absolute atomic E-state index is 0.0518. The molecular weight excluding hydrogens is 302 g/mol. The van der Waals surface area contributed by atoms with Crippen molar-refractivity contribution in [2.45, 2.75) is 19.3 Å². The van der Waals surface area contributed by atoms with Crippen LogP contribution >= 0.6 is 0 Å². The van der Waals surface area contributed by atoms with Crippen LogP contribution in [-0.2, 0) is 9.53 Å². The van der Waals surface area contributed by atoms with Gasteiger partial charge in [0.15, 0.2) is 0 Å². The lowest BCUT2D eigenvalue weighted by molar-refractivity contribution is -0.384. The third-order valence-electron chi connectivity index (χ3n) is 3.72. The first-order valence-electron chi connectivity index (χ1n) is 7.41. The van der Waals surface area contributed by atoms with Gasteiger partial charge in [-0.1, -0.05) is 0 Å². The van der Waals surface area contributed by atoms with Crippen molar-refractivity contribution in [3.05, 3.63) is 33.9 Å². The topological polar surface area (TPSA) is 102 Å². The number of hydrogen-bond donors (Lipinski definition) is 1. The van der Waals surface area contributed by atoms with Gasteiger partial charge in [0.05, 0.1) is 18.5 Å². The first kappa shape index (κ1) is 16.7. The molecule has 1 amide bonds. The second kappa shape index (κ2) is 7.57. The average molecular weight is 321 g/mol. The highest BCUT2D eigenvalue weighted by Gasteiger charge is 2.23. The molecule has 1 fully saturated rings. The van der Waals surface area contributed by atoms with Crippen molar-refractivity contribution in [2.75, 3.05) is 31.6 Å². The molecule has 0 saturated carbocycles. The van der Waals surface area contributed by atoms with Gasteiger partial charge in [-0.2, -0.15) is 0 Å². The van der Waals surface area contributed by atoms with Crippen LogP contribution < -0.4 is 10.2 Å². The van der Waals surface area contributed by atoms with Gasteiger partial charge >= 0.3 is 5.97 Å². The Hall–Kier alpha value is -2.64. The molecule has 0 bridgehead atoms. The molecule has 23 heavy (non-hydrogen) atoms. The standard InChI is InChI=1S/C15H19N3O5/c1-23-14(19)6-7-16-15(20)11-4-5-12(13(10-11)18(21)22)17-8-2-3-9-17/h4-5,10H,2-3,6-9H2,1H3,(H,16,20). The largest absolute Gasteiger partial charge is 0.469 e. The molecule has 1 aliphatic rings. The number of nitrogens with one attached hydrogen (secondary N) is 1. The van der Waals surface area contributed by atoms with Crippen molar-refractivity contribution in [3.63, 3.8) is 0 Å². The van der Waals surface area contributed by atoms with Crippen molar-refractivity contribution < 1.29 is 19.2 Å². The van der Waals surface area contributed by atoms with Crippen molar-refractivity contribution in [1.82, 2.24) is 5.32 Å². The molecule has 1 aliphatic heterocycles. The molecule has 0 spiro atoms. The van der Waals surface area contributed by atoms with Crippen LogP contribution in [0.5, 0.6) is 0 Å². The van der Waals surface area contributed by atoms with E-state index < -0.39 is 16.8 Å². The van der Waals surface area contributed by atoms with Crippen LogP contribution in [0.2, 0.25) is 0 Å². The fourth-order valence-corrected chi connectivity index (χ4v) is 2.52. The second-order valence-electron chi connectivity index (χ2n) is 5.24. The van der Waals surface area contributed by atoms with Crippen molar-refractivity contribution in [2.24, 2.45) is 0 Å².